The second kappa shape index (κ2) is 13.9. The lowest BCUT2D eigenvalue weighted by Crippen LogP contribution is -2.25. The lowest BCUT2D eigenvalue weighted by Gasteiger charge is -2.10. The predicted octanol–water partition coefficient (Wildman–Crippen LogP) is 3.05. The van der Waals surface area contributed by atoms with Crippen molar-refractivity contribution in [1.82, 2.24) is 15.3 Å². The summed E-state index contributed by atoms with van der Waals surface area (Å²) in [5.41, 5.74) is 1.77. The number of pyridine rings is 1. The second-order valence-electron chi connectivity index (χ2n) is 8.53. The van der Waals surface area contributed by atoms with Crippen LogP contribution in [0.4, 0.5) is 5.13 Å². The Morgan fingerprint density at radius 3 is 2.68 bits per heavy atom. The zero-order chi connectivity index (χ0) is 26.7. The zero-order valence-electron chi connectivity index (χ0n) is 21.4. The van der Waals surface area contributed by atoms with Crippen molar-refractivity contribution >= 4 is 44.2 Å². The van der Waals surface area contributed by atoms with Crippen LogP contribution in [-0.4, -0.2) is 80.6 Å². The third-order valence-corrected chi connectivity index (χ3v) is 6.56. The molecule has 1 amide bonds. The minimum Gasteiger partial charge on any atom is -0.476 e. The normalized spacial score (nSPS) is 15.5. The van der Waals surface area contributed by atoms with Gasteiger partial charge in [0.1, 0.15) is 17.0 Å². The fourth-order valence-corrected chi connectivity index (χ4v) is 4.46. The lowest BCUT2D eigenvalue weighted by atomic mass is 10.0. The number of ketones is 1. The van der Waals surface area contributed by atoms with Crippen molar-refractivity contribution in [3.63, 3.8) is 0 Å². The molecule has 3 aromatic rings. The summed E-state index contributed by atoms with van der Waals surface area (Å²) < 4.78 is 16.0. The molecule has 4 rings (SSSR count). The number of nitrogens with one attached hydrogen (secondary N) is 2. The third kappa shape index (κ3) is 7.54. The minimum atomic E-state index is -0.493. The molecular weight excluding hydrogens is 510 g/mol. The van der Waals surface area contributed by atoms with Gasteiger partial charge in [-0.25, -0.2) is 9.97 Å². The number of oxime groups is 1. The first-order valence-corrected chi connectivity index (χ1v) is 13.2. The lowest BCUT2D eigenvalue weighted by molar-refractivity contribution is -0.110. The minimum absolute atomic E-state index is 0.00664. The number of anilines is 1. The molecule has 3 heterocycles. The molecule has 1 aromatic carbocycles. The molecule has 1 fully saturated rings. The van der Waals surface area contributed by atoms with Crippen LogP contribution in [-0.2, 0) is 19.1 Å². The van der Waals surface area contributed by atoms with E-state index in [1.54, 1.807) is 43.5 Å². The second-order valence-corrected chi connectivity index (χ2v) is 9.50. The monoisotopic (exact) mass is 541 g/mol. The Kier molecular flexibility index (Phi) is 10.1. The SMILES string of the molecule is CNCCOc1ccc2nc(NC(=O)/C(=N\O[C@@H]3CCOC3)c3ccc(C(=O)CCCOC)cc3)sc2n1. The van der Waals surface area contributed by atoms with E-state index in [1.807, 2.05) is 7.05 Å². The average Bonchev–Trinajstić information content (AvgIpc) is 3.59. The maximum absolute atomic E-state index is 13.3. The molecule has 1 aliphatic heterocycles. The first-order chi connectivity index (χ1) is 18.6. The number of thiazole rings is 1. The quantitative estimate of drug-likeness (QED) is 0.137. The van der Waals surface area contributed by atoms with E-state index in [2.05, 4.69) is 25.8 Å². The highest BCUT2D eigenvalue weighted by Crippen LogP contribution is 2.26. The molecule has 38 heavy (non-hydrogen) atoms. The number of Topliss-reactive ketones (excluding diaryl/α,β-unsaturated/α-hetero) is 1. The van der Waals surface area contributed by atoms with Gasteiger partial charge in [-0.15, -0.1) is 0 Å². The molecule has 1 atom stereocenters. The molecule has 202 valence electrons. The van der Waals surface area contributed by atoms with Crippen LogP contribution >= 0.6 is 11.3 Å². The van der Waals surface area contributed by atoms with Crippen molar-refractivity contribution in [3.8, 4) is 5.88 Å². The van der Waals surface area contributed by atoms with E-state index in [4.69, 9.17) is 19.0 Å². The Hall–Kier alpha value is -3.45. The Morgan fingerprint density at radius 1 is 1.13 bits per heavy atom. The third-order valence-electron chi connectivity index (χ3n) is 5.68. The summed E-state index contributed by atoms with van der Waals surface area (Å²) in [6.07, 6.45) is 1.49. The number of nitrogens with zero attached hydrogens (tertiary/aromatic N) is 3. The molecule has 0 bridgehead atoms. The average molecular weight is 542 g/mol. The Labute approximate surface area is 224 Å². The van der Waals surface area contributed by atoms with Crippen molar-refractivity contribution in [2.45, 2.75) is 25.4 Å². The summed E-state index contributed by atoms with van der Waals surface area (Å²) >= 11 is 1.23. The van der Waals surface area contributed by atoms with E-state index in [9.17, 15) is 9.59 Å². The number of rotatable bonds is 14. The number of carbonyl (C=O) groups excluding carboxylic acids is 2. The summed E-state index contributed by atoms with van der Waals surface area (Å²) in [7, 11) is 3.45. The van der Waals surface area contributed by atoms with Gasteiger partial charge in [0.15, 0.2) is 22.7 Å². The van der Waals surface area contributed by atoms with Gasteiger partial charge in [-0.1, -0.05) is 40.8 Å². The van der Waals surface area contributed by atoms with Crippen LogP contribution in [0.25, 0.3) is 10.3 Å². The number of amides is 1. The number of carbonyl (C=O) groups is 2. The van der Waals surface area contributed by atoms with Gasteiger partial charge in [-0.2, -0.15) is 0 Å². The number of methoxy groups -OCH3 is 1. The molecule has 2 aromatic heterocycles. The van der Waals surface area contributed by atoms with Crippen molar-refractivity contribution in [3.05, 3.63) is 47.5 Å². The Balaban J connectivity index is 1.50. The van der Waals surface area contributed by atoms with E-state index in [-0.39, 0.29) is 17.6 Å². The number of aromatic nitrogens is 2. The summed E-state index contributed by atoms with van der Waals surface area (Å²) in [5, 5.41) is 10.4. The van der Waals surface area contributed by atoms with Gasteiger partial charge in [0.25, 0.3) is 5.91 Å². The molecule has 1 saturated heterocycles. The van der Waals surface area contributed by atoms with Crippen LogP contribution in [0.1, 0.15) is 35.2 Å². The molecule has 0 aliphatic carbocycles. The van der Waals surface area contributed by atoms with Crippen molar-refractivity contribution in [1.29, 1.82) is 0 Å². The van der Waals surface area contributed by atoms with Crippen LogP contribution in [0, 0.1) is 0 Å². The maximum atomic E-state index is 13.3. The smallest absolute Gasteiger partial charge is 0.280 e. The number of likely N-dealkylation sites (N-methyl/N-ethyl adjacent to an activating group) is 1. The van der Waals surface area contributed by atoms with E-state index in [1.165, 1.54) is 11.3 Å². The van der Waals surface area contributed by atoms with Gasteiger partial charge in [0.05, 0.1) is 13.2 Å². The van der Waals surface area contributed by atoms with E-state index >= 15 is 0 Å². The number of hydrogen-bond acceptors (Lipinski definition) is 11. The molecule has 0 saturated carbocycles. The van der Waals surface area contributed by atoms with Gasteiger partial charge in [0.2, 0.25) is 5.88 Å². The molecule has 11 nitrogen and oxygen atoms in total. The molecule has 12 heteroatoms. The topological polar surface area (TPSA) is 133 Å². The van der Waals surface area contributed by atoms with Crippen LogP contribution in [0.2, 0.25) is 0 Å². The van der Waals surface area contributed by atoms with Crippen LogP contribution in [0.3, 0.4) is 0 Å². The van der Waals surface area contributed by atoms with E-state index < -0.39 is 5.91 Å². The van der Waals surface area contributed by atoms with Crippen molar-refractivity contribution < 1.29 is 28.6 Å². The fraction of sp³-hybridized carbons (Fsp3) is 0.423. The standard InChI is InChI=1S/C26H31N5O6S/c1-27-12-15-36-22-10-9-20-25(29-22)38-26(28-20)30-24(33)23(31-37-19-11-14-35-16-19)18-7-5-17(6-8-18)21(32)4-3-13-34-2/h5-10,19,27H,3-4,11-16H2,1-2H3,(H,28,30,33)/b31-23-/t19-/m1/s1. The molecular formula is C26H31N5O6S. The fourth-order valence-electron chi connectivity index (χ4n) is 3.63. The zero-order valence-corrected chi connectivity index (χ0v) is 22.2. The van der Waals surface area contributed by atoms with Crippen LogP contribution in [0.5, 0.6) is 5.88 Å². The summed E-state index contributed by atoms with van der Waals surface area (Å²) in [6.45, 7) is 2.70. The van der Waals surface area contributed by atoms with Gasteiger partial charge in [0, 0.05) is 50.3 Å². The highest BCUT2D eigenvalue weighted by molar-refractivity contribution is 7.22. The number of benzene rings is 1. The van der Waals surface area contributed by atoms with Crippen LogP contribution < -0.4 is 15.4 Å². The number of ether oxygens (including phenoxy) is 3. The van der Waals surface area contributed by atoms with Crippen molar-refractivity contribution in [2.75, 3.05) is 52.4 Å². The van der Waals surface area contributed by atoms with Gasteiger partial charge >= 0.3 is 0 Å². The Bertz CT molecular complexity index is 1260. The summed E-state index contributed by atoms with van der Waals surface area (Å²) in [6, 6.07) is 10.3. The van der Waals surface area contributed by atoms with E-state index in [0.29, 0.717) is 84.7 Å². The molecule has 0 spiro atoms. The van der Waals surface area contributed by atoms with Crippen LogP contribution in [0.15, 0.2) is 41.6 Å². The molecule has 0 unspecified atom stereocenters. The highest BCUT2D eigenvalue weighted by Gasteiger charge is 2.22. The van der Waals surface area contributed by atoms with Gasteiger partial charge in [-0.3, -0.25) is 14.9 Å². The predicted molar refractivity (Wildman–Crippen MR) is 144 cm³/mol. The molecule has 2 N–H and O–H groups in total. The van der Waals surface area contributed by atoms with Gasteiger partial charge in [-0.05, 0) is 19.5 Å². The van der Waals surface area contributed by atoms with Crippen molar-refractivity contribution in [2.24, 2.45) is 5.16 Å². The number of fused-ring (bicyclic) bond motifs is 1. The van der Waals surface area contributed by atoms with Gasteiger partial charge < -0.3 is 24.4 Å². The largest absolute Gasteiger partial charge is 0.476 e. The summed E-state index contributed by atoms with van der Waals surface area (Å²) in [5.74, 6) is 0.000352. The Morgan fingerprint density at radius 2 is 1.95 bits per heavy atom. The molecule has 1 aliphatic rings. The maximum Gasteiger partial charge on any atom is 0.280 e. The first kappa shape index (κ1) is 27.6. The first-order valence-electron chi connectivity index (χ1n) is 12.4. The highest BCUT2D eigenvalue weighted by atomic mass is 32.1. The summed E-state index contributed by atoms with van der Waals surface area (Å²) in [4.78, 5) is 40.9. The van der Waals surface area contributed by atoms with E-state index in [0.717, 1.165) is 0 Å². The number of hydrogen-bond donors (Lipinski definition) is 2. The molecule has 0 radical (unpaired) electrons.